The second kappa shape index (κ2) is 6.50. The van der Waals surface area contributed by atoms with Crippen LogP contribution in [0.1, 0.15) is 46.0 Å². The minimum Gasteiger partial charge on any atom is -0.481 e. The van der Waals surface area contributed by atoms with E-state index in [0.717, 1.165) is 23.7 Å². The topological polar surface area (TPSA) is 75.6 Å². The fourth-order valence-electron chi connectivity index (χ4n) is 5.69. The highest BCUT2D eigenvalue weighted by Gasteiger charge is 2.59. The van der Waals surface area contributed by atoms with Crippen molar-refractivity contribution >= 4 is 27.8 Å². The molecule has 0 radical (unpaired) electrons. The number of halogens is 1. The average molecular weight is 436 g/mol. The molecule has 5 nitrogen and oxygen atoms in total. The maximum absolute atomic E-state index is 13.0. The number of carboxylic acids is 1. The van der Waals surface area contributed by atoms with E-state index in [4.69, 9.17) is 4.74 Å². The van der Waals surface area contributed by atoms with Crippen LogP contribution in [0.15, 0.2) is 28.7 Å². The number of amides is 1. The van der Waals surface area contributed by atoms with Crippen LogP contribution in [0.3, 0.4) is 0 Å². The van der Waals surface area contributed by atoms with Gasteiger partial charge in [-0.25, -0.2) is 0 Å². The van der Waals surface area contributed by atoms with Gasteiger partial charge in [0.1, 0.15) is 5.75 Å². The van der Waals surface area contributed by atoms with E-state index in [2.05, 4.69) is 21.2 Å². The van der Waals surface area contributed by atoms with Crippen molar-refractivity contribution in [3.63, 3.8) is 0 Å². The van der Waals surface area contributed by atoms with E-state index >= 15 is 0 Å². The Morgan fingerprint density at radius 1 is 1.15 bits per heavy atom. The number of rotatable bonds is 5. The Morgan fingerprint density at radius 3 is 2.30 bits per heavy atom. The van der Waals surface area contributed by atoms with Gasteiger partial charge in [-0.3, -0.25) is 9.59 Å². The van der Waals surface area contributed by atoms with Crippen LogP contribution < -0.4 is 10.1 Å². The molecule has 0 heterocycles. The number of hydrogen-bond acceptors (Lipinski definition) is 3. The maximum Gasteiger partial charge on any atom is 0.309 e. The molecule has 146 valence electrons. The van der Waals surface area contributed by atoms with Gasteiger partial charge in [0.05, 0.1) is 5.41 Å². The number of nitrogens with one attached hydrogen (secondary N) is 1. The van der Waals surface area contributed by atoms with Crippen molar-refractivity contribution in [3.8, 4) is 5.75 Å². The molecule has 6 heteroatoms. The summed E-state index contributed by atoms with van der Waals surface area (Å²) in [5, 5.41) is 13.0. The highest BCUT2D eigenvalue weighted by Crippen LogP contribution is 2.60. The SMILES string of the molecule is CC(C)(Oc1ccc(Br)cc1)C(=O)NC1C2CC3CC1CC(C(=O)O)(C3)C2. The monoisotopic (exact) mass is 435 g/mol. The molecule has 5 rings (SSSR count). The summed E-state index contributed by atoms with van der Waals surface area (Å²) in [6.45, 7) is 3.55. The Kier molecular flexibility index (Phi) is 4.53. The zero-order chi connectivity index (χ0) is 19.4. The summed E-state index contributed by atoms with van der Waals surface area (Å²) < 4.78 is 6.90. The van der Waals surface area contributed by atoms with Gasteiger partial charge in [0.2, 0.25) is 0 Å². The van der Waals surface area contributed by atoms with Crippen molar-refractivity contribution in [1.29, 1.82) is 0 Å². The largest absolute Gasteiger partial charge is 0.481 e. The maximum atomic E-state index is 13.0. The summed E-state index contributed by atoms with van der Waals surface area (Å²) in [6.07, 6.45) is 4.26. The number of aliphatic carboxylic acids is 1. The summed E-state index contributed by atoms with van der Waals surface area (Å²) >= 11 is 3.39. The van der Waals surface area contributed by atoms with Gasteiger partial charge in [0.25, 0.3) is 5.91 Å². The first-order valence-corrected chi connectivity index (χ1v) is 10.5. The van der Waals surface area contributed by atoms with Gasteiger partial charge >= 0.3 is 5.97 Å². The lowest BCUT2D eigenvalue weighted by molar-refractivity contribution is -0.168. The Balaban J connectivity index is 1.45. The van der Waals surface area contributed by atoms with Crippen LogP contribution in [0.5, 0.6) is 5.75 Å². The Bertz CT molecular complexity index is 744. The van der Waals surface area contributed by atoms with E-state index in [-0.39, 0.29) is 23.8 Å². The van der Waals surface area contributed by atoms with Crippen molar-refractivity contribution in [1.82, 2.24) is 5.32 Å². The van der Waals surface area contributed by atoms with Crippen LogP contribution in [0.25, 0.3) is 0 Å². The molecular formula is C21H26BrNO4. The highest BCUT2D eigenvalue weighted by atomic mass is 79.9. The molecule has 0 saturated heterocycles. The van der Waals surface area contributed by atoms with E-state index in [1.54, 1.807) is 13.8 Å². The van der Waals surface area contributed by atoms with E-state index in [1.165, 1.54) is 0 Å². The summed E-state index contributed by atoms with van der Waals surface area (Å²) in [6, 6.07) is 7.49. The van der Waals surface area contributed by atoms with Gasteiger partial charge in [-0.15, -0.1) is 0 Å². The molecule has 4 bridgehead atoms. The highest BCUT2D eigenvalue weighted by molar-refractivity contribution is 9.10. The number of carbonyl (C=O) groups excluding carboxylic acids is 1. The summed E-state index contributed by atoms with van der Waals surface area (Å²) in [5.41, 5.74) is -1.55. The molecule has 1 amide bonds. The molecule has 2 atom stereocenters. The van der Waals surface area contributed by atoms with E-state index in [0.29, 0.717) is 24.5 Å². The molecule has 0 spiro atoms. The van der Waals surface area contributed by atoms with Crippen molar-refractivity contribution in [2.45, 2.75) is 57.6 Å². The minimum atomic E-state index is -0.993. The van der Waals surface area contributed by atoms with Crippen LogP contribution in [0, 0.1) is 23.2 Å². The van der Waals surface area contributed by atoms with Gasteiger partial charge in [-0.2, -0.15) is 0 Å². The van der Waals surface area contributed by atoms with E-state index in [1.807, 2.05) is 24.3 Å². The number of hydrogen-bond donors (Lipinski definition) is 2. The molecule has 4 saturated carbocycles. The molecule has 1 aromatic carbocycles. The smallest absolute Gasteiger partial charge is 0.309 e. The molecule has 27 heavy (non-hydrogen) atoms. The summed E-state index contributed by atoms with van der Waals surface area (Å²) in [5.74, 6) is 0.893. The lowest BCUT2D eigenvalue weighted by Gasteiger charge is -2.58. The Morgan fingerprint density at radius 2 is 1.74 bits per heavy atom. The Hall–Kier alpha value is -1.56. The lowest BCUT2D eigenvalue weighted by Crippen LogP contribution is -2.63. The number of benzene rings is 1. The van der Waals surface area contributed by atoms with Crippen molar-refractivity contribution in [2.24, 2.45) is 23.2 Å². The predicted molar refractivity (Wildman–Crippen MR) is 104 cm³/mol. The number of carboxylic acid groups (broad SMARTS) is 1. The third kappa shape index (κ3) is 3.37. The van der Waals surface area contributed by atoms with Gasteiger partial charge < -0.3 is 15.2 Å². The van der Waals surface area contributed by atoms with E-state index < -0.39 is 17.0 Å². The van der Waals surface area contributed by atoms with E-state index in [9.17, 15) is 14.7 Å². The standard InChI is InChI=1S/C21H26BrNO4/c1-20(2,27-16-5-3-15(22)4-6-16)18(24)23-17-13-7-12-8-14(17)11-21(9-12,10-13)19(25)26/h3-6,12-14,17H,7-11H2,1-2H3,(H,23,24)(H,25,26). The molecular weight excluding hydrogens is 410 g/mol. The zero-order valence-corrected chi connectivity index (χ0v) is 17.3. The summed E-state index contributed by atoms with van der Waals surface area (Å²) in [7, 11) is 0. The van der Waals surface area contributed by atoms with Gasteiger partial charge in [-0.1, -0.05) is 15.9 Å². The van der Waals surface area contributed by atoms with Gasteiger partial charge in [0.15, 0.2) is 5.60 Å². The fraction of sp³-hybridized carbons (Fsp3) is 0.619. The molecule has 4 fully saturated rings. The van der Waals surface area contributed by atoms with Gasteiger partial charge in [0, 0.05) is 10.5 Å². The lowest BCUT2D eigenvalue weighted by atomic mass is 9.48. The molecule has 0 aromatic heterocycles. The predicted octanol–water partition coefficient (Wildman–Crippen LogP) is 4.00. The molecule has 4 aliphatic rings. The van der Waals surface area contributed by atoms with Crippen molar-refractivity contribution in [2.75, 3.05) is 0 Å². The Labute approximate surface area is 168 Å². The molecule has 4 aliphatic carbocycles. The van der Waals surface area contributed by atoms with Crippen LogP contribution in [-0.4, -0.2) is 28.6 Å². The van der Waals surface area contributed by atoms with Crippen LogP contribution >= 0.6 is 15.9 Å². The number of ether oxygens (including phenoxy) is 1. The van der Waals surface area contributed by atoms with Crippen LogP contribution in [0.2, 0.25) is 0 Å². The molecule has 0 aliphatic heterocycles. The van der Waals surface area contributed by atoms with Crippen LogP contribution in [-0.2, 0) is 9.59 Å². The zero-order valence-electron chi connectivity index (χ0n) is 15.7. The van der Waals surface area contributed by atoms with Gasteiger partial charge in [-0.05, 0) is 88.0 Å². The second-order valence-electron chi connectivity index (χ2n) is 9.12. The summed E-state index contributed by atoms with van der Waals surface area (Å²) in [4.78, 5) is 24.8. The minimum absolute atomic E-state index is 0.0642. The molecule has 2 unspecified atom stereocenters. The average Bonchev–Trinajstić information content (AvgIpc) is 2.59. The normalized spacial score (nSPS) is 34.3. The van der Waals surface area contributed by atoms with Crippen LogP contribution in [0.4, 0.5) is 0 Å². The van der Waals surface area contributed by atoms with Crippen molar-refractivity contribution in [3.05, 3.63) is 28.7 Å². The van der Waals surface area contributed by atoms with Crippen molar-refractivity contribution < 1.29 is 19.4 Å². The second-order valence-corrected chi connectivity index (χ2v) is 10.0. The first-order chi connectivity index (χ1) is 12.7. The third-order valence-corrected chi connectivity index (χ3v) is 7.29. The quantitative estimate of drug-likeness (QED) is 0.732. The number of carbonyl (C=O) groups is 2. The molecule has 2 N–H and O–H groups in total. The molecule has 1 aromatic rings. The third-order valence-electron chi connectivity index (χ3n) is 6.76. The first-order valence-electron chi connectivity index (χ1n) is 9.67. The first kappa shape index (κ1) is 18.8. The fourth-order valence-corrected chi connectivity index (χ4v) is 5.96.